The summed E-state index contributed by atoms with van der Waals surface area (Å²) in [6.45, 7) is 6.12. The van der Waals surface area contributed by atoms with Crippen LogP contribution in [-0.2, 0) is 9.59 Å². The van der Waals surface area contributed by atoms with E-state index >= 15 is 0 Å². The van der Waals surface area contributed by atoms with E-state index in [4.69, 9.17) is 0 Å². The maximum absolute atomic E-state index is 12.6. The zero-order valence-corrected chi connectivity index (χ0v) is 16.8. The Balaban J connectivity index is 1.39. The number of piperazine rings is 1. The molecule has 0 N–H and O–H groups in total. The largest absolute Gasteiger partial charge is 0.340 e. The molecule has 6 heteroatoms. The third kappa shape index (κ3) is 5.41. The summed E-state index contributed by atoms with van der Waals surface area (Å²) in [5, 5.41) is 0. The van der Waals surface area contributed by atoms with Gasteiger partial charge in [-0.1, -0.05) is 30.3 Å². The zero-order valence-electron chi connectivity index (χ0n) is 16.8. The standard InChI is InChI=1S/C22H31N3O3/c1-18-7-5-6-12-25(18)22(28)17-23-13-15-24(16-14-23)21(27)11-10-20(26)19-8-3-2-4-9-19/h2-4,8-9,18H,5-7,10-17H2,1H3. The van der Waals surface area contributed by atoms with Crippen LogP contribution in [0.2, 0.25) is 0 Å². The van der Waals surface area contributed by atoms with E-state index in [1.807, 2.05) is 28.0 Å². The van der Waals surface area contributed by atoms with E-state index in [0.29, 0.717) is 44.3 Å². The van der Waals surface area contributed by atoms with Crippen molar-refractivity contribution < 1.29 is 14.4 Å². The van der Waals surface area contributed by atoms with Gasteiger partial charge in [-0.15, -0.1) is 0 Å². The minimum absolute atomic E-state index is 0.00818. The lowest BCUT2D eigenvalue weighted by atomic mass is 10.0. The van der Waals surface area contributed by atoms with Gasteiger partial charge in [-0.3, -0.25) is 19.3 Å². The first-order valence-corrected chi connectivity index (χ1v) is 10.4. The lowest BCUT2D eigenvalue weighted by Crippen LogP contribution is -2.53. The lowest BCUT2D eigenvalue weighted by Gasteiger charge is -2.38. The van der Waals surface area contributed by atoms with Crippen molar-refractivity contribution in [3.8, 4) is 0 Å². The highest BCUT2D eigenvalue weighted by atomic mass is 16.2. The second-order valence-corrected chi connectivity index (χ2v) is 7.88. The van der Waals surface area contributed by atoms with Gasteiger partial charge in [0.25, 0.3) is 0 Å². The number of carbonyl (C=O) groups is 3. The van der Waals surface area contributed by atoms with Gasteiger partial charge in [0.15, 0.2) is 5.78 Å². The summed E-state index contributed by atoms with van der Waals surface area (Å²) in [6.07, 6.45) is 3.89. The fraction of sp³-hybridized carbons (Fsp3) is 0.591. The van der Waals surface area contributed by atoms with Crippen LogP contribution in [0.15, 0.2) is 30.3 Å². The Hall–Kier alpha value is -2.21. The molecular weight excluding hydrogens is 354 g/mol. The second kappa shape index (κ2) is 9.82. The molecule has 0 bridgehead atoms. The van der Waals surface area contributed by atoms with Crippen molar-refractivity contribution in [2.45, 2.75) is 45.1 Å². The van der Waals surface area contributed by atoms with E-state index < -0.39 is 0 Å². The minimum Gasteiger partial charge on any atom is -0.340 e. The molecule has 2 amide bonds. The quantitative estimate of drug-likeness (QED) is 0.705. The molecule has 0 aromatic heterocycles. The van der Waals surface area contributed by atoms with Crippen molar-refractivity contribution in [3.63, 3.8) is 0 Å². The van der Waals surface area contributed by atoms with Crippen molar-refractivity contribution in [2.75, 3.05) is 39.3 Å². The SMILES string of the molecule is CC1CCCCN1C(=O)CN1CCN(C(=O)CCC(=O)c2ccccc2)CC1. The van der Waals surface area contributed by atoms with Crippen molar-refractivity contribution in [3.05, 3.63) is 35.9 Å². The molecular formula is C22H31N3O3. The molecule has 0 saturated carbocycles. The topological polar surface area (TPSA) is 60.9 Å². The first-order chi connectivity index (χ1) is 13.5. The average Bonchev–Trinajstić information content (AvgIpc) is 2.73. The number of hydrogen-bond donors (Lipinski definition) is 0. The van der Waals surface area contributed by atoms with E-state index in [1.165, 1.54) is 6.42 Å². The van der Waals surface area contributed by atoms with E-state index in [0.717, 1.165) is 19.4 Å². The number of ketones is 1. The summed E-state index contributed by atoms with van der Waals surface area (Å²) >= 11 is 0. The third-order valence-corrected chi connectivity index (χ3v) is 5.87. The Morgan fingerprint density at radius 2 is 1.61 bits per heavy atom. The van der Waals surface area contributed by atoms with Crippen LogP contribution in [0.4, 0.5) is 0 Å². The highest BCUT2D eigenvalue weighted by molar-refractivity contribution is 5.97. The minimum atomic E-state index is 0.00818. The molecule has 2 aliphatic heterocycles. The van der Waals surface area contributed by atoms with Gasteiger partial charge in [0.1, 0.15) is 0 Å². The fourth-order valence-corrected chi connectivity index (χ4v) is 4.05. The van der Waals surface area contributed by atoms with Crippen molar-refractivity contribution in [2.24, 2.45) is 0 Å². The van der Waals surface area contributed by atoms with Crippen LogP contribution in [0, 0.1) is 0 Å². The number of carbonyl (C=O) groups excluding carboxylic acids is 3. The van der Waals surface area contributed by atoms with E-state index in [2.05, 4.69) is 11.8 Å². The summed E-state index contributed by atoms with van der Waals surface area (Å²) in [7, 11) is 0. The summed E-state index contributed by atoms with van der Waals surface area (Å²) in [4.78, 5) is 43.1. The Morgan fingerprint density at radius 1 is 0.893 bits per heavy atom. The van der Waals surface area contributed by atoms with Gasteiger partial charge < -0.3 is 9.80 Å². The molecule has 2 heterocycles. The summed E-state index contributed by atoms with van der Waals surface area (Å²) in [5.41, 5.74) is 0.658. The van der Waals surface area contributed by atoms with E-state index in [9.17, 15) is 14.4 Å². The number of benzene rings is 1. The van der Waals surface area contributed by atoms with Crippen LogP contribution >= 0.6 is 0 Å². The normalized spacial score (nSPS) is 20.8. The van der Waals surface area contributed by atoms with Crippen molar-refractivity contribution >= 4 is 17.6 Å². The summed E-state index contributed by atoms with van der Waals surface area (Å²) in [5.74, 6) is 0.245. The Labute approximate surface area is 167 Å². The van der Waals surface area contributed by atoms with Gasteiger partial charge in [0, 0.05) is 57.2 Å². The maximum Gasteiger partial charge on any atom is 0.236 e. The number of rotatable bonds is 6. The predicted octanol–water partition coefficient (Wildman–Crippen LogP) is 2.19. The highest BCUT2D eigenvalue weighted by Crippen LogP contribution is 2.17. The first-order valence-electron chi connectivity index (χ1n) is 10.4. The van der Waals surface area contributed by atoms with Crippen LogP contribution in [0.3, 0.4) is 0 Å². The smallest absolute Gasteiger partial charge is 0.236 e. The molecule has 2 saturated heterocycles. The molecule has 152 valence electrons. The van der Waals surface area contributed by atoms with Crippen LogP contribution in [0.1, 0.15) is 49.4 Å². The molecule has 1 atom stereocenters. The molecule has 28 heavy (non-hydrogen) atoms. The Kier molecular flexibility index (Phi) is 7.20. The third-order valence-electron chi connectivity index (χ3n) is 5.87. The number of likely N-dealkylation sites (tertiary alicyclic amines) is 1. The van der Waals surface area contributed by atoms with Gasteiger partial charge in [-0.05, 0) is 26.2 Å². The Morgan fingerprint density at radius 3 is 2.29 bits per heavy atom. The molecule has 0 aliphatic carbocycles. The molecule has 1 aromatic carbocycles. The second-order valence-electron chi connectivity index (χ2n) is 7.88. The monoisotopic (exact) mass is 385 g/mol. The maximum atomic E-state index is 12.6. The molecule has 0 spiro atoms. The Bertz CT molecular complexity index is 684. The molecule has 6 nitrogen and oxygen atoms in total. The van der Waals surface area contributed by atoms with Gasteiger partial charge in [-0.25, -0.2) is 0 Å². The fourth-order valence-electron chi connectivity index (χ4n) is 4.05. The van der Waals surface area contributed by atoms with Gasteiger partial charge in [0.2, 0.25) is 11.8 Å². The first kappa shape index (κ1) is 20.5. The van der Waals surface area contributed by atoms with Crippen LogP contribution in [0.25, 0.3) is 0 Å². The summed E-state index contributed by atoms with van der Waals surface area (Å²) in [6, 6.07) is 9.45. The summed E-state index contributed by atoms with van der Waals surface area (Å²) < 4.78 is 0. The van der Waals surface area contributed by atoms with Crippen molar-refractivity contribution in [1.82, 2.24) is 14.7 Å². The van der Waals surface area contributed by atoms with Gasteiger partial charge >= 0.3 is 0 Å². The van der Waals surface area contributed by atoms with E-state index in [1.54, 1.807) is 12.1 Å². The molecule has 1 unspecified atom stereocenters. The molecule has 0 radical (unpaired) electrons. The van der Waals surface area contributed by atoms with E-state index in [-0.39, 0.29) is 30.4 Å². The number of Topliss-reactive ketones (excluding diaryl/α,β-unsaturated/α-hetero) is 1. The lowest BCUT2D eigenvalue weighted by molar-refractivity contribution is -0.137. The molecule has 2 fully saturated rings. The van der Waals surface area contributed by atoms with Crippen LogP contribution in [0.5, 0.6) is 0 Å². The number of nitrogens with zero attached hydrogens (tertiary/aromatic N) is 3. The molecule has 2 aliphatic rings. The number of piperidine rings is 1. The molecule has 1 aromatic rings. The van der Waals surface area contributed by atoms with Gasteiger partial charge in [0.05, 0.1) is 6.54 Å². The highest BCUT2D eigenvalue weighted by Gasteiger charge is 2.27. The molecule has 3 rings (SSSR count). The predicted molar refractivity (Wildman–Crippen MR) is 108 cm³/mol. The zero-order chi connectivity index (χ0) is 19.9. The van der Waals surface area contributed by atoms with Crippen LogP contribution < -0.4 is 0 Å². The van der Waals surface area contributed by atoms with Gasteiger partial charge in [-0.2, -0.15) is 0 Å². The number of hydrogen-bond acceptors (Lipinski definition) is 4. The van der Waals surface area contributed by atoms with Crippen molar-refractivity contribution in [1.29, 1.82) is 0 Å². The number of amides is 2. The average molecular weight is 386 g/mol. The van der Waals surface area contributed by atoms with Crippen LogP contribution in [-0.4, -0.2) is 77.6 Å².